The van der Waals surface area contributed by atoms with E-state index < -0.39 is 0 Å². The van der Waals surface area contributed by atoms with Crippen molar-refractivity contribution < 1.29 is 9.59 Å². The van der Waals surface area contributed by atoms with Gasteiger partial charge in [0.2, 0.25) is 0 Å². The van der Waals surface area contributed by atoms with Gasteiger partial charge >= 0.3 is 0 Å². The molecule has 0 amide bonds. The first-order chi connectivity index (χ1) is 14.7. The van der Waals surface area contributed by atoms with Crippen LogP contribution in [0.15, 0.2) is 54.6 Å². The van der Waals surface area contributed by atoms with Crippen molar-refractivity contribution in [3.05, 3.63) is 71.4 Å². The molecular weight excluding hydrogens is 372 g/mol. The Bertz CT molecular complexity index is 1060. The summed E-state index contributed by atoms with van der Waals surface area (Å²) in [6, 6.07) is 19.3. The Hall–Kier alpha value is -2.72. The number of hydrogen-bond donors (Lipinski definition) is 1. The zero-order chi connectivity index (χ0) is 20.7. The van der Waals surface area contributed by atoms with Crippen molar-refractivity contribution in [2.75, 3.05) is 0 Å². The van der Waals surface area contributed by atoms with Crippen LogP contribution in [0, 0.1) is 17.8 Å². The highest BCUT2D eigenvalue weighted by Gasteiger charge is 2.49. The maximum Gasteiger partial charge on any atom is 0.124 e. The van der Waals surface area contributed by atoms with Crippen LogP contribution < -0.4 is 0 Å². The third-order valence-electron chi connectivity index (χ3n) is 7.41. The van der Waals surface area contributed by atoms with Gasteiger partial charge in [0.05, 0.1) is 6.04 Å². The molecule has 5 atom stereocenters. The molecule has 154 valence electrons. The van der Waals surface area contributed by atoms with E-state index in [2.05, 4.69) is 65.3 Å². The maximum absolute atomic E-state index is 12.4. The number of aromatic nitrogens is 1. The largest absolute Gasteiger partial charge is 0.357 e. The van der Waals surface area contributed by atoms with Crippen LogP contribution in [0.3, 0.4) is 0 Å². The molecule has 2 aliphatic rings. The van der Waals surface area contributed by atoms with Crippen LogP contribution in [0.2, 0.25) is 0 Å². The number of carbonyl (C=O) groups is 2. The van der Waals surface area contributed by atoms with Gasteiger partial charge in [-0.25, -0.2) is 0 Å². The highest BCUT2D eigenvalue weighted by Crippen LogP contribution is 2.50. The highest BCUT2D eigenvalue weighted by molar-refractivity contribution is 5.85. The van der Waals surface area contributed by atoms with Gasteiger partial charge in [-0.2, -0.15) is 0 Å². The quantitative estimate of drug-likeness (QED) is 0.611. The van der Waals surface area contributed by atoms with E-state index in [0.717, 1.165) is 43.9 Å². The number of aldehydes is 2. The summed E-state index contributed by atoms with van der Waals surface area (Å²) in [6.45, 7) is 2.88. The van der Waals surface area contributed by atoms with Crippen LogP contribution in [0.4, 0.5) is 0 Å². The molecule has 0 spiro atoms. The van der Waals surface area contributed by atoms with Gasteiger partial charge in [0.15, 0.2) is 0 Å². The smallest absolute Gasteiger partial charge is 0.124 e. The second-order valence-corrected chi connectivity index (χ2v) is 8.83. The van der Waals surface area contributed by atoms with Crippen molar-refractivity contribution in [1.82, 2.24) is 9.88 Å². The molecular formula is C26H28N2O2. The van der Waals surface area contributed by atoms with Crippen molar-refractivity contribution in [1.29, 1.82) is 0 Å². The highest BCUT2D eigenvalue weighted by atomic mass is 16.1. The number of carbonyl (C=O) groups excluding carboxylic acids is 2. The first kappa shape index (κ1) is 19.3. The Morgan fingerprint density at radius 1 is 1.10 bits per heavy atom. The number of fused-ring (bicyclic) bond motifs is 6. The minimum Gasteiger partial charge on any atom is -0.357 e. The van der Waals surface area contributed by atoms with E-state index in [4.69, 9.17) is 0 Å². The monoisotopic (exact) mass is 400 g/mol. The van der Waals surface area contributed by atoms with Crippen molar-refractivity contribution in [2.24, 2.45) is 17.8 Å². The number of aromatic amines is 1. The second-order valence-electron chi connectivity index (χ2n) is 8.83. The lowest BCUT2D eigenvalue weighted by molar-refractivity contribution is -0.126. The van der Waals surface area contributed by atoms with Crippen LogP contribution in [-0.4, -0.2) is 28.5 Å². The molecule has 3 aromatic rings. The van der Waals surface area contributed by atoms with Crippen LogP contribution >= 0.6 is 0 Å². The van der Waals surface area contributed by atoms with Gasteiger partial charge in [-0.15, -0.1) is 0 Å². The SMILES string of the molecule is CCC(C=O)C1C[C@H]2c3[nH]c4ccccc4c3C[C@@H](C1C=O)N2Cc1ccccc1. The molecule has 4 heteroatoms. The lowest BCUT2D eigenvalue weighted by Gasteiger charge is -2.52. The zero-order valence-electron chi connectivity index (χ0n) is 17.3. The van der Waals surface area contributed by atoms with E-state index in [1.54, 1.807) is 0 Å². The lowest BCUT2D eigenvalue weighted by atomic mass is 9.66. The topological polar surface area (TPSA) is 53.2 Å². The fourth-order valence-corrected chi connectivity index (χ4v) is 5.93. The lowest BCUT2D eigenvalue weighted by Crippen LogP contribution is -2.55. The molecule has 1 N–H and O–H groups in total. The molecule has 2 bridgehead atoms. The van der Waals surface area contributed by atoms with E-state index in [1.165, 1.54) is 22.2 Å². The summed E-state index contributed by atoms with van der Waals surface area (Å²) < 4.78 is 0. The molecule has 2 aromatic carbocycles. The summed E-state index contributed by atoms with van der Waals surface area (Å²) in [5.74, 6) is -0.0801. The van der Waals surface area contributed by atoms with Crippen LogP contribution in [-0.2, 0) is 22.6 Å². The molecule has 1 aromatic heterocycles. The van der Waals surface area contributed by atoms with Gasteiger partial charge in [-0.1, -0.05) is 55.5 Å². The van der Waals surface area contributed by atoms with Crippen molar-refractivity contribution in [3.8, 4) is 0 Å². The third-order valence-corrected chi connectivity index (χ3v) is 7.41. The second kappa shape index (κ2) is 7.84. The van der Waals surface area contributed by atoms with Crippen LogP contribution in [0.25, 0.3) is 10.9 Å². The van der Waals surface area contributed by atoms with Gasteiger partial charge in [-0.3, -0.25) is 4.90 Å². The Morgan fingerprint density at radius 2 is 1.87 bits per heavy atom. The first-order valence-electron chi connectivity index (χ1n) is 11.0. The zero-order valence-corrected chi connectivity index (χ0v) is 17.3. The predicted molar refractivity (Wildman–Crippen MR) is 118 cm³/mol. The van der Waals surface area contributed by atoms with E-state index in [0.29, 0.717) is 0 Å². The number of hydrogen-bond acceptors (Lipinski definition) is 3. The molecule has 1 fully saturated rings. The molecule has 3 heterocycles. The standard InChI is InChI=1S/C26H28N2O2/c1-2-18(15-29)20-12-25-26-21(19-10-6-7-11-23(19)27-26)13-24(22(20)16-30)28(25)14-17-8-4-3-5-9-17/h3-11,15-16,18,20,22,24-25,27H,2,12-14H2,1H3/t18?,20?,22?,24-,25-/m0/s1. The third kappa shape index (κ3) is 3.02. The van der Waals surface area contributed by atoms with E-state index in [1.807, 2.05) is 6.07 Å². The number of nitrogens with one attached hydrogen (secondary N) is 1. The fourth-order valence-electron chi connectivity index (χ4n) is 5.93. The first-order valence-corrected chi connectivity index (χ1v) is 11.0. The molecule has 5 rings (SSSR count). The summed E-state index contributed by atoms with van der Waals surface area (Å²) in [6.07, 6.45) is 4.68. The predicted octanol–water partition coefficient (Wildman–Crippen LogP) is 4.70. The number of piperidine rings is 1. The molecule has 2 aliphatic heterocycles. The average Bonchev–Trinajstić information content (AvgIpc) is 3.14. The summed E-state index contributed by atoms with van der Waals surface area (Å²) in [7, 11) is 0. The van der Waals surface area contributed by atoms with Gasteiger partial charge in [0.1, 0.15) is 12.6 Å². The van der Waals surface area contributed by atoms with Gasteiger partial charge in [0.25, 0.3) is 0 Å². The van der Waals surface area contributed by atoms with Crippen molar-refractivity contribution >= 4 is 23.5 Å². The number of para-hydroxylation sites is 1. The Morgan fingerprint density at radius 3 is 2.60 bits per heavy atom. The fraction of sp³-hybridized carbons (Fsp3) is 0.385. The van der Waals surface area contributed by atoms with E-state index in [9.17, 15) is 9.59 Å². The summed E-state index contributed by atoms with van der Waals surface area (Å²) in [5.41, 5.74) is 5.06. The molecule has 1 saturated heterocycles. The Kier molecular flexibility index (Phi) is 5.03. The molecule has 0 radical (unpaired) electrons. The van der Waals surface area contributed by atoms with E-state index in [-0.39, 0.29) is 29.8 Å². The minimum absolute atomic E-state index is 0.0602. The minimum atomic E-state index is -0.123. The van der Waals surface area contributed by atoms with Crippen molar-refractivity contribution in [3.63, 3.8) is 0 Å². The molecule has 0 aliphatic carbocycles. The van der Waals surface area contributed by atoms with Crippen LogP contribution in [0.5, 0.6) is 0 Å². The molecule has 3 unspecified atom stereocenters. The molecule has 4 nitrogen and oxygen atoms in total. The van der Waals surface area contributed by atoms with Gasteiger partial charge < -0.3 is 14.6 Å². The number of nitrogens with zero attached hydrogens (tertiary/aromatic N) is 1. The number of rotatable bonds is 6. The summed E-state index contributed by atoms with van der Waals surface area (Å²) in [5, 5.41) is 1.27. The molecule has 30 heavy (non-hydrogen) atoms. The average molecular weight is 401 g/mol. The van der Waals surface area contributed by atoms with Gasteiger partial charge in [-0.05, 0) is 42.4 Å². The Labute approximate surface area is 177 Å². The molecule has 0 saturated carbocycles. The van der Waals surface area contributed by atoms with Gasteiger partial charge in [0, 0.05) is 41.0 Å². The number of benzene rings is 2. The van der Waals surface area contributed by atoms with Crippen LogP contribution in [0.1, 0.15) is 42.6 Å². The Balaban J connectivity index is 1.62. The summed E-state index contributed by atoms with van der Waals surface area (Å²) in [4.78, 5) is 30.4. The maximum atomic E-state index is 12.4. The number of H-pyrrole nitrogens is 1. The summed E-state index contributed by atoms with van der Waals surface area (Å²) >= 11 is 0. The normalized spacial score (nSPS) is 26.8. The van der Waals surface area contributed by atoms with E-state index >= 15 is 0 Å². The van der Waals surface area contributed by atoms with Crippen molar-refractivity contribution in [2.45, 2.75) is 44.8 Å².